The first kappa shape index (κ1) is 15.8. The van der Waals surface area contributed by atoms with Gasteiger partial charge in [-0.1, -0.05) is 6.07 Å². The Balaban J connectivity index is 1.55. The van der Waals surface area contributed by atoms with Crippen LogP contribution in [0.2, 0.25) is 0 Å². The van der Waals surface area contributed by atoms with Gasteiger partial charge in [-0.25, -0.2) is 9.37 Å². The Kier molecular flexibility index (Phi) is 4.83. The third-order valence-electron chi connectivity index (χ3n) is 3.28. The summed E-state index contributed by atoms with van der Waals surface area (Å²) >= 11 is 3.32. The summed E-state index contributed by atoms with van der Waals surface area (Å²) in [5, 5.41) is 5.92. The predicted octanol–water partition coefficient (Wildman–Crippen LogP) is 4.29. The van der Waals surface area contributed by atoms with Crippen molar-refractivity contribution in [3.8, 4) is 10.6 Å². The van der Waals surface area contributed by atoms with Crippen LogP contribution in [0.1, 0.15) is 20.2 Å². The molecule has 2 aromatic heterocycles. The van der Waals surface area contributed by atoms with Crippen LogP contribution in [0, 0.1) is 12.7 Å². The molecule has 23 heavy (non-hydrogen) atoms. The average molecular weight is 346 g/mol. The first-order valence-corrected chi connectivity index (χ1v) is 8.86. The molecule has 0 radical (unpaired) electrons. The van der Waals surface area contributed by atoms with Crippen molar-refractivity contribution in [1.29, 1.82) is 0 Å². The zero-order valence-electron chi connectivity index (χ0n) is 12.5. The van der Waals surface area contributed by atoms with Gasteiger partial charge in [0.05, 0.1) is 15.6 Å². The lowest BCUT2D eigenvalue weighted by atomic mass is 10.2. The van der Waals surface area contributed by atoms with Gasteiger partial charge in [-0.05, 0) is 43.7 Å². The number of aryl methyl sites for hydroxylation is 1. The van der Waals surface area contributed by atoms with Crippen LogP contribution >= 0.6 is 22.7 Å². The largest absolute Gasteiger partial charge is 0.352 e. The third-order valence-corrected chi connectivity index (χ3v) is 5.22. The van der Waals surface area contributed by atoms with Gasteiger partial charge in [0.15, 0.2) is 0 Å². The fraction of sp³-hybridized carbons (Fsp3) is 0.176. The number of halogens is 1. The minimum absolute atomic E-state index is 0.253. The molecule has 6 heteroatoms. The first-order chi connectivity index (χ1) is 11.1. The number of carbonyl (C=O) groups is 1. The van der Waals surface area contributed by atoms with Gasteiger partial charge in [0, 0.05) is 22.4 Å². The Morgan fingerprint density at radius 1 is 1.30 bits per heavy atom. The number of aromatic nitrogens is 1. The number of carbonyl (C=O) groups excluding carboxylic acids is 1. The average Bonchev–Trinajstić information content (AvgIpc) is 3.16. The molecular formula is C17H15FN2OS2. The molecule has 118 valence electrons. The standard InChI is InChI=1S/C17H15FN2OS2/c1-11-20-15(10-22-11)16-6-5-14(23-16)7-8-19-17(21)12-3-2-4-13(18)9-12/h2-6,9-10H,7-8H2,1H3,(H,19,21). The smallest absolute Gasteiger partial charge is 0.251 e. The molecule has 0 saturated carbocycles. The highest BCUT2D eigenvalue weighted by Gasteiger charge is 2.08. The van der Waals surface area contributed by atoms with E-state index in [1.807, 2.05) is 6.92 Å². The molecule has 0 aliphatic heterocycles. The Bertz CT molecular complexity index is 825. The number of hydrogen-bond acceptors (Lipinski definition) is 4. The highest BCUT2D eigenvalue weighted by molar-refractivity contribution is 7.16. The lowest BCUT2D eigenvalue weighted by Crippen LogP contribution is -2.25. The maximum Gasteiger partial charge on any atom is 0.251 e. The highest BCUT2D eigenvalue weighted by Crippen LogP contribution is 2.29. The molecule has 0 saturated heterocycles. The normalized spacial score (nSPS) is 10.7. The lowest BCUT2D eigenvalue weighted by molar-refractivity contribution is 0.0953. The van der Waals surface area contributed by atoms with E-state index >= 15 is 0 Å². The highest BCUT2D eigenvalue weighted by atomic mass is 32.1. The summed E-state index contributed by atoms with van der Waals surface area (Å²) in [5.41, 5.74) is 1.35. The molecule has 3 aromatic rings. The van der Waals surface area contributed by atoms with Crippen molar-refractivity contribution in [3.63, 3.8) is 0 Å². The second-order valence-corrected chi connectivity index (χ2v) is 7.26. The van der Waals surface area contributed by atoms with E-state index in [0.717, 1.165) is 22.0 Å². The number of rotatable bonds is 5. The summed E-state index contributed by atoms with van der Waals surface area (Å²) in [4.78, 5) is 18.7. The number of nitrogens with zero attached hydrogens (tertiary/aromatic N) is 1. The molecule has 0 fully saturated rings. The van der Waals surface area contributed by atoms with E-state index in [-0.39, 0.29) is 5.91 Å². The second-order valence-electron chi connectivity index (χ2n) is 5.03. The fourth-order valence-electron chi connectivity index (χ4n) is 2.16. The van der Waals surface area contributed by atoms with Gasteiger partial charge < -0.3 is 5.32 Å². The second kappa shape index (κ2) is 7.02. The van der Waals surface area contributed by atoms with Crippen LogP contribution in [0.3, 0.4) is 0 Å². The number of amides is 1. The van der Waals surface area contributed by atoms with Crippen molar-refractivity contribution in [1.82, 2.24) is 10.3 Å². The molecule has 0 spiro atoms. The molecule has 3 nitrogen and oxygen atoms in total. The molecule has 2 heterocycles. The maximum absolute atomic E-state index is 13.1. The van der Waals surface area contributed by atoms with E-state index in [9.17, 15) is 9.18 Å². The van der Waals surface area contributed by atoms with Gasteiger partial charge in [-0.3, -0.25) is 4.79 Å². The number of thiazole rings is 1. The Labute approximate surface area is 141 Å². The minimum atomic E-state index is -0.404. The van der Waals surface area contributed by atoms with Crippen molar-refractivity contribution < 1.29 is 9.18 Å². The van der Waals surface area contributed by atoms with Crippen LogP contribution in [-0.4, -0.2) is 17.4 Å². The van der Waals surface area contributed by atoms with E-state index in [1.165, 1.54) is 23.1 Å². The van der Waals surface area contributed by atoms with Gasteiger partial charge in [0.1, 0.15) is 5.82 Å². The summed E-state index contributed by atoms with van der Waals surface area (Å²) in [7, 11) is 0. The zero-order valence-corrected chi connectivity index (χ0v) is 14.1. The van der Waals surface area contributed by atoms with E-state index < -0.39 is 5.82 Å². The molecule has 0 aliphatic carbocycles. The van der Waals surface area contributed by atoms with Gasteiger partial charge >= 0.3 is 0 Å². The predicted molar refractivity (Wildman–Crippen MR) is 92.6 cm³/mol. The van der Waals surface area contributed by atoms with Crippen molar-refractivity contribution in [2.45, 2.75) is 13.3 Å². The molecule has 1 N–H and O–H groups in total. The number of benzene rings is 1. The summed E-state index contributed by atoms with van der Waals surface area (Å²) < 4.78 is 13.1. The monoisotopic (exact) mass is 346 g/mol. The van der Waals surface area contributed by atoms with Crippen LogP contribution in [-0.2, 0) is 6.42 Å². The van der Waals surface area contributed by atoms with Crippen LogP contribution < -0.4 is 5.32 Å². The maximum atomic E-state index is 13.1. The van der Waals surface area contributed by atoms with E-state index in [4.69, 9.17) is 0 Å². The van der Waals surface area contributed by atoms with Gasteiger partial charge in [0.25, 0.3) is 5.91 Å². The van der Waals surface area contributed by atoms with E-state index in [2.05, 4.69) is 27.8 Å². The van der Waals surface area contributed by atoms with E-state index in [0.29, 0.717) is 12.1 Å². The quantitative estimate of drug-likeness (QED) is 0.749. The molecule has 0 aliphatic rings. The van der Waals surface area contributed by atoms with Crippen LogP contribution in [0.4, 0.5) is 4.39 Å². The summed E-state index contributed by atoms with van der Waals surface area (Å²) in [6, 6.07) is 9.82. The van der Waals surface area contributed by atoms with Gasteiger partial charge in [-0.2, -0.15) is 0 Å². The SMILES string of the molecule is Cc1nc(-c2ccc(CCNC(=O)c3cccc(F)c3)s2)cs1. The Morgan fingerprint density at radius 3 is 2.91 bits per heavy atom. The van der Waals surface area contributed by atoms with Crippen LogP contribution in [0.5, 0.6) is 0 Å². The molecule has 0 bridgehead atoms. The molecule has 1 aromatic carbocycles. The number of nitrogens with one attached hydrogen (secondary N) is 1. The zero-order chi connectivity index (χ0) is 16.2. The first-order valence-electron chi connectivity index (χ1n) is 7.17. The fourth-order valence-corrected chi connectivity index (χ4v) is 3.81. The summed E-state index contributed by atoms with van der Waals surface area (Å²) in [5.74, 6) is -0.657. The van der Waals surface area contributed by atoms with Crippen molar-refractivity contribution in [3.05, 3.63) is 63.0 Å². The minimum Gasteiger partial charge on any atom is -0.352 e. The molecule has 0 atom stereocenters. The Morgan fingerprint density at radius 2 is 2.17 bits per heavy atom. The van der Waals surface area contributed by atoms with Gasteiger partial charge in [0.2, 0.25) is 0 Å². The van der Waals surface area contributed by atoms with E-state index in [1.54, 1.807) is 28.7 Å². The topological polar surface area (TPSA) is 42.0 Å². The number of thiophene rings is 1. The molecule has 3 rings (SSSR count). The molecule has 1 amide bonds. The van der Waals surface area contributed by atoms with Crippen LogP contribution in [0.25, 0.3) is 10.6 Å². The van der Waals surface area contributed by atoms with Crippen molar-refractivity contribution >= 4 is 28.6 Å². The Hall–Kier alpha value is -2.05. The summed E-state index contributed by atoms with van der Waals surface area (Å²) in [6.07, 6.45) is 0.745. The third kappa shape index (κ3) is 4.03. The van der Waals surface area contributed by atoms with Crippen molar-refractivity contribution in [2.24, 2.45) is 0 Å². The molecular weight excluding hydrogens is 331 g/mol. The van der Waals surface area contributed by atoms with Crippen molar-refractivity contribution in [2.75, 3.05) is 6.54 Å². The van der Waals surface area contributed by atoms with Gasteiger partial charge in [-0.15, -0.1) is 22.7 Å². The van der Waals surface area contributed by atoms with Crippen LogP contribution in [0.15, 0.2) is 41.8 Å². The number of hydrogen-bond donors (Lipinski definition) is 1. The molecule has 0 unspecified atom stereocenters. The lowest BCUT2D eigenvalue weighted by Gasteiger charge is -2.04. The summed E-state index contributed by atoms with van der Waals surface area (Å²) in [6.45, 7) is 2.51.